The molecule has 3 heterocycles. The second kappa shape index (κ2) is 13.0. The van der Waals surface area contributed by atoms with Crippen molar-refractivity contribution in [3.05, 3.63) is 181 Å². The lowest BCUT2D eigenvalue weighted by Gasteiger charge is -2.35. The lowest BCUT2D eigenvalue weighted by molar-refractivity contribution is 0.465. The van der Waals surface area contributed by atoms with Crippen molar-refractivity contribution in [1.29, 1.82) is 0 Å². The van der Waals surface area contributed by atoms with Crippen LogP contribution in [-0.4, -0.2) is 6.71 Å². The monoisotopic (exact) mass is 749 g/mol. The Kier molecular flexibility index (Phi) is 7.71. The van der Waals surface area contributed by atoms with E-state index in [4.69, 9.17) is 13.9 Å². The number of benzene rings is 8. The first-order valence-corrected chi connectivity index (χ1v) is 20.0. The smallest absolute Gasteiger partial charge is 0.260 e. The summed E-state index contributed by atoms with van der Waals surface area (Å²) in [5.41, 5.74) is 14.7. The Bertz CT molecular complexity index is 2960. The van der Waals surface area contributed by atoms with E-state index in [0.29, 0.717) is 0 Å². The first-order chi connectivity index (χ1) is 28.3. The van der Waals surface area contributed by atoms with E-state index in [1.54, 1.807) is 0 Å². The SMILES string of the molecule is Cc1ccccc1N(c1cc2c3c(c1)Oc1cc(-c4ccccc4)ccc1B3c1ccc(-c3ccccc3)cc1O2)c1cccc2c1oc1c(C(C)(C)C)cccc12. The highest BCUT2D eigenvalue weighted by Gasteiger charge is 2.41. The van der Waals surface area contributed by atoms with E-state index in [9.17, 15) is 0 Å². The molecule has 9 aromatic rings. The standard InChI is InChI=1S/C53H40BNO3/c1-33-15-11-12-23-44(33)55(45-24-14-21-40-39-20-13-22-41(53(2,3)4)51(39)58-52(40)45)38-31-48-50-49(32-38)57-47-30-37(35-18-9-6-10-19-35)26-28-43(47)54(50)42-27-25-36(29-46(42)56-48)34-16-7-5-8-17-34/h5-32H,1-4H3. The quantitative estimate of drug-likeness (QED) is 0.164. The van der Waals surface area contributed by atoms with Gasteiger partial charge >= 0.3 is 0 Å². The average molecular weight is 750 g/mol. The largest absolute Gasteiger partial charge is 0.458 e. The second-order valence-corrected chi connectivity index (χ2v) is 16.5. The number of nitrogens with zero attached hydrogens (tertiary/aromatic N) is 1. The second-order valence-electron chi connectivity index (χ2n) is 16.5. The van der Waals surface area contributed by atoms with Gasteiger partial charge < -0.3 is 18.8 Å². The Labute approximate surface area is 339 Å². The summed E-state index contributed by atoms with van der Waals surface area (Å²) in [6.07, 6.45) is 0. The maximum atomic E-state index is 7.05. The molecule has 0 spiro atoms. The van der Waals surface area contributed by atoms with Crippen LogP contribution in [-0.2, 0) is 5.41 Å². The van der Waals surface area contributed by atoms with Crippen LogP contribution in [0.1, 0.15) is 31.9 Å². The molecule has 0 fully saturated rings. The minimum absolute atomic E-state index is 0.0808. The van der Waals surface area contributed by atoms with E-state index < -0.39 is 0 Å². The molecule has 2 aliphatic rings. The van der Waals surface area contributed by atoms with Gasteiger partial charge in [0, 0.05) is 39.6 Å². The van der Waals surface area contributed by atoms with Gasteiger partial charge in [-0.05, 0) is 75.3 Å². The van der Waals surface area contributed by atoms with Gasteiger partial charge in [-0.3, -0.25) is 0 Å². The van der Waals surface area contributed by atoms with Crippen LogP contribution in [0, 0.1) is 6.92 Å². The average Bonchev–Trinajstić information content (AvgIpc) is 3.64. The zero-order valence-corrected chi connectivity index (χ0v) is 32.9. The zero-order valence-electron chi connectivity index (χ0n) is 32.9. The molecule has 58 heavy (non-hydrogen) atoms. The molecule has 8 aromatic carbocycles. The molecule has 0 amide bonds. The zero-order chi connectivity index (χ0) is 39.1. The van der Waals surface area contributed by atoms with E-state index in [2.05, 4.69) is 202 Å². The first kappa shape index (κ1) is 34.3. The van der Waals surface area contributed by atoms with Crippen LogP contribution in [0.3, 0.4) is 0 Å². The fourth-order valence-corrected chi connectivity index (χ4v) is 9.02. The number of ether oxygens (including phenoxy) is 2. The molecular formula is C53H40BNO3. The number of anilines is 3. The van der Waals surface area contributed by atoms with Crippen molar-refractivity contribution in [2.45, 2.75) is 33.1 Å². The van der Waals surface area contributed by atoms with Gasteiger partial charge in [-0.15, -0.1) is 0 Å². The Balaban J connectivity index is 1.15. The van der Waals surface area contributed by atoms with Crippen LogP contribution in [0.4, 0.5) is 17.1 Å². The number of fused-ring (bicyclic) bond motifs is 7. The van der Waals surface area contributed by atoms with Gasteiger partial charge in [0.2, 0.25) is 0 Å². The van der Waals surface area contributed by atoms with Crippen molar-refractivity contribution in [3.63, 3.8) is 0 Å². The van der Waals surface area contributed by atoms with Gasteiger partial charge in [-0.2, -0.15) is 0 Å². The van der Waals surface area contributed by atoms with E-state index in [-0.39, 0.29) is 12.1 Å². The van der Waals surface area contributed by atoms with Crippen molar-refractivity contribution < 1.29 is 13.9 Å². The molecule has 0 unspecified atom stereocenters. The summed E-state index contributed by atoms with van der Waals surface area (Å²) >= 11 is 0. The van der Waals surface area contributed by atoms with Gasteiger partial charge in [-0.25, -0.2) is 0 Å². The lowest BCUT2D eigenvalue weighted by atomic mass is 9.34. The van der Waals surface area contributed by atoms with E-state index >= 15 is 0 Å². The van der Waals surface area contributed by atoms with Gasteiger partial charge in [0.25, 0.3) is 6.71 Å². The van der Waals surface area contributed by atoms with Crippen molar-refractivity contribution in [2.24, 2.45) is 0 Å². The molecule has 11 rings (SSSR count). The minimum Gasteiger partial charge on any atom is -0.458 e. The molecule has 5 heteroatoms. The van der Waals surface area contributed by atoms with Gasteiger partial charge in [0.1, 0.15) is 28.6 Å². The molecule has 4 nitrogen and oxygen atoms in total. The number of hydrogen-bond donors (Lipinski definition) is 0. The molecule has 0 saturated heterocycles. The highest BCUT2D eigenvalue weighted by molar-refractivity contribution is 6.98. The summed E-state index contributed by atoms with van der Waals surface area (Å²) in [6.45, 7) is 8.80. The van der Waals surface area contributed by atoms with Gasteiger partial charge in [0.05, 0.1) is 11.4 Å². The number of rotatable bonds is 5. The van der Waals surface area contributed by atoms with E-state index in [1.807, 2.05) is 0 Å². The molecule has 0 atom stereocenters. The summed E-state index contributed by atoms with van der Waals surface area (Å²) in [6, 6.07) is 60.1. The predicted molar refractivity (Wildman–Crippen MR) is 240 cm³/mol. The molecular weight excluding hydrogens is 709 g/mol. The number of hydrogen-bond acceptors (Lipinski definition) is 4. The number of furan rings is 1. The Morgan fingerprint density at radius 1 is 0.466 bits per heavy atom. The third-order valence-corrected chi connectivity index (χ3v) is 11.8. The summed E-state index contributed by atoms with van der Waals surface area (Å²) < 4.78 is 21.1. The maximum absolute atomic E-state index is 7.05. The molecule has 0 N–H and O–H groups in total. The Morgan fingerprint density at radius 3 is 1.59 bits per heavy atom. The predicted octanol–water partition coefficient (Wildman–Crippen LogP) is 12.7. The van der Waals surface area contributed by atoms with Crippen LogP contribution in [0.2, 0.25) is 0 Å². The van der Waals surface area contributed by atoms with Crippen molar-refractivity contribution >= 4 is 62.1 Å². The number of para-hydroxylation sites is 3. The summed E-state index contributed by atoms with van der Waals surface area (Å²) in [7, 11) is 0. The highest BCUT2D eigenvalue weighted by Crippen LogP contribution is 2.48. The van der Waals surface area contributed by atoms with Gasteiger partial charge in [0.15, 0.2) is 5.58 Å². The van der Waals surface area contributed by atoms with Crippen LogP contribution < -0.4 is 30.8 Å². The third-order valence-electron chi connectivity index (χ3n) is 11.8. The highest BCUT2D eigenvalue weighted by atomic mass is 16.5. The summed E-state index contributed by atoms with van der Waals surface area (Å²) in [5.74, 6) is 3.24. The summed E-state index contributed by atoms with van der Waals surface area (Å²) in [5, 5.41) is 2.19. The maximum Gasteiger partial charge on any atom is 0.260 e. The fourth-order valence-electron chi connectivity index (χ4n) is 9.02. The van der Waals surface area contributed by atoms with Crippen LogP contribution in [0.25, 0.3) is 44.2 Å². The van der Waals surface area contributed by atoms with Gasteiger partial charge in [-0.1, -0.05) is 154 Å². The van der Waals surface area contributed by atoms with Crippen LogP contribution in [0.5, 0.6) is 23.0 Å². The molecule has 1 aromatic heterocycles. The third kappa shape index (κ3) is 5.45. The molecule has 0 aliphatic carbocycles. The lowest BCUT2D eigenvalue weighted by Crippen LogP contribution is -2.57. The van der Waals surface area contributed by atoms with Crippen LogP contribution in [0.15, 0.2) is 174 Å². The fraction of sp³-hybridized carbons (Fsp3) is 0.0943. The molecule has 2 aliphatic heterocycles. The van der Waals surface area contributed by atoms with E-state index in [0.717, 1.165) is 106 Å². The first-order valence-electron chi connectivity index (χ1n) is 20.0. The molecule has 278 valence electrons. The van der Waals surface area contributed by atoms with Crippen LogP contribution >= 0.6 is 0 Å². The van der Waals surface area contributed by atoms with Crippen molar-refractivity contribution in [2.75, 3.05) is 4.90 Å². The Hall–Kier alpha value is -6.98. The number of aryl methyl sites for hydroxylation is 1. The summed E-state index contributed by atoms with van der Waals surface area (Å²) in [4.78, 5) is 2.31. The molecule has 0 radical (unpaired) electrons. The molecule has 0 saturated carbocycles. The van der Waals surface area contributed by atoms with Crippen molar-refractivity contribution in [1.82, 2.24) is 0 Å². The molecule has 0 bridgehead atoms. The normalized spacial score (nSPS) is 12.7. The van der Waals surface area contributed by atoms with Crippen molar-refractivity contribution in [3.8, 4) is 45.3 Å². The van der Waals surface area contributed by atoms with E-state index in [1.165, 1.54) is 5.56 Å². The Morgan fingerprint density at radius 2 is 1.00 bits per heavy atom. The topological polar surface area (TPSA) is 34.8 Å². The minimum atomic E-state index is -0.0943.